The van der Waals surface area contributed by atoms with E-state index in [2.05, 4.69) is 25.6 Å². The van der Waals surface area contributed by atoms with E-state index in [1.165, 1.54) is 0 Å². The molecule has 1 aromatic rings. The Morgan fingerprint density at radius 1 is 1.19 bits per heavy atom. The second kappa shape index (κ2) is 8.53. The quantitative estimate of drug-likeness (QED) is 0.590. The summed E-state index contributed by atoms with van der Waals surface area (Å²) in [5, 5.41) is 13.2. The molecule has 0 spiro atoms. The lowest BCUT2D eigenvalue weighted by Gasteiger charge is -2.06. The van der Waals surface area contributed by atoms with Gasteiger partial charge in [-0.15, -0.1) is 10.2 Å². The van der Waals surface area contributed by atoms with Crippen molar-refractivity contribution < 1.29 is 13.2 Å². The number of anilines is 1. The molecule has 0 saturated carbocycles. The molecule has 0 atom stereocenters. The largest absolute Gasteiger partial charge is 0.369 e. The number of hydrogen-bond acceptors (Lipinski definition) is 6. The fourth-order valence-corrected chi connectivity index (χ4v) is 2.44. The molecule has 0 saturated heterocycles. The zero-order valence-electron chi connectivity index (χ0n) is 12.2. The van der Waals surface area contributed by atoms with Crippen LogP contribution < -0.4 is 15.4 Å². The molecule has 1 rings (SSSR count). The van der Waals surface area contributed by atoms with Crippen molar-refractivity contribution >= 4 is 21.7 Å². The molecule has 0 aliphatic rings. The Kier molecular flexibility index (Phi) is 7.03. The molecule has 0 unspecified atom stereocenters. The molecular formula is C12H21N5O3S. The summed E-state index contributed by atoms with van der Waals surface area (Å²) in [6, 6.07) is 3.20. The van der Waals surface area contributed by atoms with E-state index >= 15 is 0 Å². The van der Waals surface area contributed by atoms with Crippen molar-refractivity contribution in [3.63, 3.8) is 0 Å². The van der Waals surface area contributed by atoms with Gasteiger partial charge in [0.1, 0.15) is 5.82 Å². The SMILES string of the molecule is CCCNc1ccc(C(=O)NCCS(=O)(=O)NCC)nn1. The van der Waals surface area contributed by atoms with Crippen molar-refractivity contribution in [3.8, 4) is 0 Å². The van der Waals surface area contributed by atoms with E-state index in [-0.39, 0.29) is 18.0 Å². The highest BCUT2D eigenvalue weighted by Crippen LogP contribution is 2.01. The highest BCUT2D eigenvalue weighted by molar-refractivity contribution is 7.89. The highest BCUT2D eigenvalue weighted by Gasteiger charge is 2.11. The number of carbonyl (C=O) groups is 1. The second-order valence-electron chi connectivity index (χ2n) is 4.30. The number of carbonyl (C=O) groups excluding carboxylic acids is 1. The summed E-state index contributed by atoms with van der Waals surface area (Å²) in [5.41, 5.74) is 0.151. The lowest BCUT2D eigenvalue weighted by Crippen LogP contribution is -2.34. The number of amides is 1. The Labute approximate surface area is 124 Å². The summed E-state index contributed by atoms with van der Waals surface area (Å²) < 4.78 is 25.1. The average molecular weight is 315 g/mol. The number of rotatable bonds is 9. The number of nitrogens with zero attached hydrogens (tertiary/aromatic N) is 2. The molecule has 0 aliphatic carbocycles. The van der Waals surface area contributed by atoms with Crippen LogP contribution in [-0.2, 0) is 10.0 Å². The van der Waals surface area contributed by atoms with Gasteiger partial charge in [0.15, 0.2) is 5.69 Å². The van der Waals surface area contributed by atoms with Crippen LogP contribution >= 0.6 is 0 Å². The molecule has 3 N–H and O–H groups in total. The molecule has 0 radical (unpaired) electrons. The zero-order chi connectivity index (χ0) is 15.7. The van der Waals surface area contributed by atoms with E-state index in [9.17, 15) is 13.2 Å². The van der Waals surface area contributed by atoms with Gasteiger partial charge in [-0.2, -0.15) is 0 Å². The Bertz CT molecular complexity index is 545. The van der Waals surface area contributed by atoms with E-state index in [0.717, 1.165) is 13.0 Å². The summed E-state index contributed by atoms with van der Waals surface area (Å²) in [5.74, 6) is -0.0183. The van der Waals surface area contributed by atoms with Gasteiger partial charge in [-0.1, -0.05) is 13.8 Å². The minimum absolute atomic E-state index is 0.0195. The second-order valence-corrected chi connectivity index (χ2v) is 6.23. The smallest absolute Gasteiger partial charge is 0.271 e. The van der Waals surface area contributed by atoms with Crippen LogP contribution in [0.25, 0.3) is 0 Å². The first-order valence-corrected chi connectivity index (χ1v) is 8.47. The van der Waals surface area contributed by atoms with Crippen molar-refractivity contribution in [1.82, 2.24) is 20.2 Å². The summed E-state index contributed by atoms with van der Waals surface area (Å²) in [6.07, 6.45) is 0.962. The monoisotopic (exact) mass is 315 g/mol. The van der Waals surface area contributed by atoms with Crippen molar-refractivity contribution in [2.45, 2.75) is 20.3 Å². The van der Waals surface area contributed by atoms with E-state index in [1.807, 2.05) is 6.92 Å². The Morgan fingerprint density at radius 3 is 2.52 bits per heavy atom. The first kappa shape index (κ1) is 17.3. The minimum Gasteiger partial charge on any atom is -0.369 e. The first-order valence-electron chi connectivity index (χ1n) is 6.81. The molecule has 8 nitrogen and oxygen atoms in total. The molecule has 0 bridgehead atoms. The number of hydrogen-bond donors (Lipinski definition) is 3. The molecule has 118 valence electrons. The summed E-state index contributed by atoms with van der Waals surface area (Å²) in [6.45, 7) is 4.85. The van der Waals surface area contributed by atoms with E-state index in [4.69, 9.17) is 0 Å². The third kappa shape index (κ3) is 6.50. The van der Waals surface area contributed by atoms with Gasteiger partial charge in [0.2, 0.25) is 10.0 Å². The maximum atomic E-state index is 11.8. The zero-order valence-corrected chi connectivity index (χ0v) is 13.0. The van der Waals surface area contributed by atoms with Crippen LogP contribution in [0, 0.1) is 0 Å². The van der Waals surface area contributed by atoms with E-state index in [1.54, 1.807) is 19.1 Å². The molecule has 0 fully saturated rings. The number of nitrogens with one attached hydrogen (secondary N) is 3. The van der Waals surface area contributed by atoms with Crippen LogP contribution in [0.3, 0.4) is 0 Å². The van der Waals surface area contributed by atoms with Gasteiger partial charge >= 0.3 is 0 Å². The van der Waals surface area contributed by atoms with E-state index < -0.39 is 15.9 Å². The minimum atomic E-state index is -3.34. The maximum absolute atomic E-state index is 11.8. The van der Waals surface area contributed by atoms with Gasteiger partial charge in [-0.25, -0.2) is 13.1 Å². The van der Waals surface area contributed by atoms with Gasteiger partial charge in [0.25, 0.3) is 5.91 Å². The Hall–Kier alpha value is -1.74. The molecule has 1 amide bonds. The van der Waals surface area contributed by atoms with E-state index in [0.29, 0.717) is 12.4 Å². The van der Waals surface area contributed by atoms with Crippen LogP contribution in [0.15, 0.2) is 12.1 Å². The molecule has 0 aliphatic heterocycles. The van der Waals surface area contributed by atoms with Crippen LogP contribution in [0.5, 0.6) is 0 Å². The fraction of sp³-hybridized carbons (Fsp3) is 0.583. The van der Waals surface area contributed by atoms with Crippen molar-refractivity contribution in [3.05, 3.63) is 17.8 Å². The fourth-order valence-electron chi connectivity index (χ4n) is 1.48. The van der Waals surface area contributed by atoms with Gasteiger partial charge in [-0.05, 0) is 18.6 Å². The van der Waals surface area contributed by atoms with Crippen LogP contribution in [-0.4, -0.2) is 49.9 Å². The third-order valence-electron chi connectivity index (χ3n) is 2.47. The highest BCUT2D eigenvalue weighted by atomic mass is 32.2. The van der Waals surface area contributed by atoms with Gasteiger partial charge in [0.05, 0.1) is 5.75 Å². The normalized spacial score (nSPS) is 11.1. The molecule has 1 heterocycles. The summed E-state index contributed by atoms with van der Waals surface area (Å²) in [4.78, 5) is 11.8. The Balaban J connectivity index is 2.45. The predicted molar refractivity (Wildman–Crippen MR) is 80.6 cm³/mol. The van der Waals surface area contributed by atoms with Crippen LogP contribution in [0.2, 0.25) is 0 Å². The van der Waals surface area contributed by atoms with Crippen molar-refractivity contribution in [1.29, 1.82) is 0 Å². The predicted octanol–water partition coefficient (Wildman–Crippen LogP) is -0.0324. The van der Waals surface area contributed by atoms with Crippen molar-refractivity contribution in [2.75, 3.05) is 30.7 Å². The molecule has 1 aromatic heterocycles. The number of sulfonamides is 1. The summed E-state index contributed by atoms with van der Waals surface area (Å²) in [7, 11) is -3.34. The van der Waals surface area contributed by atoms with Crippen LogP contribution in [0.4, 0.5) is 5.82 Å². The van der Waals surface area contributed by atoms with Gasteiger partial charge in [-0.3, -0.25) is 4.79 Å². The molecule has 9 heteroatoms. The molecule has 0 aromatic carbocycles. The first-order chi connectivity index (χ1) is 9.98. The molecular weight excluding hydrogens is 294 g/mol. The lowest BCUT2D eigenvalue weighted by atomic mass is 10.3. The standard InChI is InChI=1S/C12H21N5O3S/c1-3-7-13-11-6-5-10(16-17-11)12(18)14-8-9-21(19,20)15-4-2/h5-6,15H,3-4,7-9H2,1-2H3,(H,13,17)(H,14,18). The van der Waals surface area contributed by atoms with Gasteiger partial charge in [0, 0.05) is 19.6 Å². The topological polar surface area (TPSA) is 113 Å². The number of aromatic nitrogens is 2. The average Bonchev–Trinajstić information content (AvgIpc) is 2.45. The Morgan fingerprint density at radius 2 is 1.95 bits per heavy atom. The lowest BCUT2D eigenvalue weighted by molar-refractivity contribution is 0.0950. The summed E-state index contributed by atoms with van der Waals surface area (Å²) >= 11 is 0. The maximum Gasteiger partial charge on any atom is 0.271 e. The third-order valence-corrected chi connectivity index (χ3v) is 3.94. The van der Waals surface area contributed by atoms with Crippen molar-refractivity contribution in [2.24, 2.45) is 0 Å². The van der Waals surface area contributed by atoms with Gasteiger partial charge < -0.3 is 10.6 Å². The molecule has 21 heavy (non-hydrogen) atoms. The van der Waals surface area contributed by atoms with Crippen LogP contribution in [0.1, 0.15) is 30.8 Å².